The minimum atomic E-state index is -1.41. The smallest absolute Gasteiger partial charge is 0.339 e. The summed E-state index contributed by atoms with van der Waals surface area (Å²) in [6, 6.07) is 14.9. The molecule has 0 fully saturated rings. The van der Waals surface area contributed by atoms with Gasteiger partial charge in [-0.15, -0.1) is 0 Å². The van der Waals surface area contributed by atoms with Crippen LogP contribution in [0.4, 0.5) is 22.7 Å². The lowest BCUT2D eigenvalue weighted by atomic mass is 10.1. The quantitative estimate of drug-likeness (QED) is 0.105. The van der Waals surface area contributed by atoms with Gasteiger partial charge in [0.2, 0.25) is 5.91 Å². The zero-order valence-electron chi connectivity index (χ0n) is 26.2. The number of methoxy groups -OCH3 is 2. The number of carboxylic acid groups (broad SMARTS) is 1. The largest absolute Gasteiger partial charge is 0.507 e. The molecule has 4 amide bonds. The number of phenolic OH excluding ortho intramolecular Hbond substituents is 2. The summed E-state index contributed by atoms with van der Waals surface area (Å²) in [6.07, 6.45) is 0. The number of hydrogen-bond acceptors (Lipinski definition) is 11. The minimum absolute atomic E-state index is 0.0183. The normalized spacial score (nSPS) is 10.3. The van der Waals surface area contributed by atoms with Crippen molar-refractivity contribution in [1.82, 2.24) is 5.32 Å². The number of hydrogen-bond donors (Lipinski definition) is 9. The van der Waals surface area contributed by atoms with Gasteiger partial charge in [-0.05, 0) is 60.7 Å². The first-order valence-corrected chi connectivity index (χ1v) is 14.2. The monoisotopic (exact) mass is 673 g/mol. The number of carboxylic acids is 1. The number of phenols is 3. The van der Waals surface area contributed by atoms with Gasteiger partial charge < -0.3 is 56.5 Å². The van der Waals surface area contributed by atoms with Crippen LogP contribution in [0.5, 0.6) is 28.7 Å². The molecule has 0 aliphatic carbocycles. The van der Waals surface area contributed by atoms with Crippen molar-refractivity contribution in [2.24, 2.45) is 0 Å². The van der Waals surface area contributed by atoms with Gasteiger partial charge in [0.1, 0.15) is 11.3 Å². The predicted molar refractivity (Wildman–Crippen MR) is 177 cm³/mol. The Labute approximate surface area is 278 Å². The van der Waals surface area contributed by atoms with Crippen LogP contribution in [0.3, 0.4) is 0 Å². The Hall–Kier alpha value is -6.97. The van der Waals surface area contributed by atoms with Gasteiger partial charge in [-0.2, -0.15) is 0 Å². The standard InChI is InChI=1S/C33H31N5O11/c1-34-17-6-4-16(5-7-17)30(43)35-15-25(40)37-22-12-10-20(26(41)28(22)48-2)32(45)36-18-8-9-19(24(39)14-18)31(44)38-23-13-11-21(33(46)47)27(42)29(23)49-3/h4-14,34,39,41-42H,15H2,1-3H3,(H,35,43)(H,36,45)(H,37,40)(H,38,44)(H,46,47). The van der Waals surface area contributed by atoms with Crippen molar-refractivity contribution >= 4 is 52.3 Å². The number of aromatic hydroxyl groups is 3. The summed E-state index contributed by atoms with van der Waals surface area (Å²) in [5.74, 6) is -6.63. The van der Waals surface area contributed by atoms with Crippen LogP contribution in [0.1, 0.15) is 41.4 Å². The number of rotatable bonds is 12. The third kappa shape index (κ3) is 7.89. The van der Waals surface area contributed by atoms with E-state index >= 15 is 0 Å². The highest BCUT2D eigenvalue weighted by Gasteiger charge is 2.23. The molecule has 4 aromatic carbocycles. The van der Waals surface area contributed by atoms with E-state index in [-0.39, 0.29) is 39.7 Å². The first kappa shape index (κ1) is 34.9. The fourth-order valence-corrected chi connectivity index (χ4v) is 4.54. The van der Waals surface area contributed by atoms with Gasteiger partial charge in [0, 0.05) is 30.1 Å². The Balaban J connectivity index is 1.42. The van der Waals surface area contributed by atoms with Crippen molar-refractivity contribution in [3.63, 3.8) is 0 Å². The van der Waals surface area contributed by atoms with Crippen molar-refractivity contribution in [1.29, 1.82) is 0 Å². The number of ether oxygens (including phenoxy) is 2. The molecule has 254 valence electrons. The number of aromatic carboxylic acids is 1. The average molecular weight is 674 g/mol. The van der Waals surface area contributed by atoms with E-state index < -0.39 is 59.0 Å². The molecule has 0 saturated carbocycles. The molecule has 0 aliphatic rings. The first-order valence-electron chi connectivity index (χ1n) is 14.2. The van der Waals surface area contributed by atoms with Crippen LogP contribution in [0.2, 0.25) is 0 Å². The number of benzene rings is 4. The molecule has 0 heterocycles. The summed E-state index contributed by atoms with van der Waals surface area (Å²) >= 11 is 0. The van der Waals surface area contributed by atoms with Crippen molar-refractivity contribution in [2.45, 2.75) is 0 Å². The SMILES string of the molecule is CNc1ccc(C(=O)NCC(=O)Nc2ccc(C(=O)Nc3ccc(C(=O)Nc4ccc(C(=O)O)c(O)c4OC)c(O)c3)c(O)c2OC)cc1. The number of anilines is 4. The third-order valence-corrected chi connectivity index (χ3v) is 7.01. The molecule has 0 atom stereocenters. The topological polar surface area (TPSA) is 245 Å². The van der Waals surface area contributed by atoms with Gasteiger partial charge in [0.05, 0.1) is 43.3 Å². The molecule has 0 radical (unpaired) electrons. The van der Waals surface area contributed by atoms with E-state index in [1.54, 1.807) is 31.3 Å². The number of nitrogens with one attached hydrogen (secondary N) is 5. The highest BCUT2D eigenvalue weighted by molar-refractivity contribution is 6.10. The van der Waals surface area contributed by atoms with Gasteiger partial charge in [0.15, 0.2) is 23.0 Å². The van der Waals surface area contributed by atoms with Gasteiger partial charge in [-0.25, -0.2) is 4.79 Å². The predicted octanol–water partition coefficient (Wildman–Crippen LogP) is 3.43. The van der Waals surface area contributed by atoms with Crippen LogP contribution < -0.4 is 36.1 Å². The van der Waals surface area contributed by atoms with E-state index in [4.69, 9.17) is 9.47 Å². The second-order valence-corrected chi connectivity index (χ2v) is 10.1. The lowest BCUT2D eigenvalue weighted by Crippen LogP contribution is -2.32. The third-order valence-electron chi connectivity index (χ3n) is 7.01. The molecule has 4 rings (SSSR count). The molecular formula is C33H31N5O11. The maximum atomic E-state index is 13.0. The highest BCUT2D eigenvalue weighted by Crippen LogP contribution is 2.39. The fourth-order valence-electron chi connectivity index (χ4n) is 4.54. The van der Waals surface area contributed by atoms with E-state index in [0.29, 0.717) is 5.56 Å². The van der Waals surface area contributed by atoms with Crippen molar-refractivity contribution < 1.29 is 53.9 Å². The molecule has 0 bridgehead atoms. The zero-order chi connectivity index (χ0) is 35.8. The number of carbonyl (C=O) groups is 5. The lowest BCUT2D eigenvalue weighted by molar-refractivity contribution is -0.115. The summed E-state index contributed by atoms with van der Waals surface area (Å²) < 4.78 is 10.2. The minimum Gasteiger partial charge on any atom is -0.507 e. The van der Waals surface area contributed by atoms with Crippen LogP contribution in [-0.2, 0) is 4.79 Å². The molecule has 16 nitrogen and oxygen atoms in total. The molecular weight excluding hydrogens is 642 g/mol. The molecule has 0 saturated heterocycles. The average Bonchev–Trinajstić information content (AvgIpc) is 3.07. The summed E-state index contributed by atoms with van der Waals surface area (Å²) in [5.41, 5.74) is 0.182. The highest BCUT2D eigenvalue weighted by atomic mass is 16.5. The molecule has 0 unspecified atom stereocenters. The molecule has 0 aromatic heterocycles. The Morgan fingerprint density at radius 1 is 0.633 bits per heavy atom. The molecule has 16 heteroatoms. The van der Waals surface area contributed by atoms with Crippen LogP contribution in [0.25, 0.3) is 0 Å². The van der Waals surface area contributed by atoms with E-state index in [2.05, 4.69) is 26.6 Å². The summed E-state index contributed by atoms with van der Waals surface area (Å²) in [6.45, 7) is -0.400. The van der Waals surface area contributed by atoms with Crippen LogP contribution in [0.15, 0.2) is 66.7 Å². The second-order valence-electron chi connectivity index (χ2n) is 10.1. The van der Waals surface area contributed by atoms with Gasteiger partial charge in [-0.3, -0.25) is 19.2 Å². The molecule has 49 heavy (non-hydrogen) atoms. The maximum Gasteiger partial charge on any atom is 0.339 e. The van der Waals surface area contributed by atoms with Gasteiger partial charge in [-0.1, -0.05) is 0 Å². The summed E-state index contributed by atoms with van der Waals surface area (Å²) in [7, 11) is 4.11. The fraction of sp³-hybridized carbons (Fsp3) is 0.121. The number of amides is 4. The molecule has 0 aliphatic heterocycles. The van der Waals surface area contributed by atoms with Gasteiger partial charge in [0.25, 0.3) is 17.7 Å². The first-order chi connectivity index (χ1) is 23.4. The Morgan fingerprint density at radius 3 is 1.73 bits per heavy atom. The van der Waals surface area contributed by atoms with Crippen molar-refractivity contribution in [3.05, 3.63) is 89.0 Å². The van der Waals surface area contributed by atoms with Crippen LogP contribution >= 0.6 is 0 Å². The molecule has 9 N–H and O–H groups in total. The van der Waals surface area contributed by atoms with Gasteiger partial charge >= 0.3 is 5.97 Å². The number of carbonyl (C=O) groups excluding carboxylic acids is 4. The summed E-state index contributed by atoms with van der Waals surface area (Å²) in [5, 5.41) is 53.5. The van der Waals surface area contributed by atoms with E-state index in [1.165, 1.54) is 37.4 Å². The summed E-state index contributed by atoms with van der Waals surface area (Å²) in [4.78, 5) is 62.1. The van der Waals surface area contributed by atoms with Crippen LogP contribution in [-0.4, -0.2) is 77.8 Å². The molecule has 4 aromatic rings. The second kappa shape index (κ2) is 15.1. The van der Waals surface area contributed by atoms with Crippen LogP contribution in [0, 0.1) is 0 Å². The van der Waals surface area contributed by atoms with Crippen molar-refractivity contribution in [3.8, 4) is 28.7 Å². The Kier molecular flexibility index (Phi) is 10.7. The van der Waals surface area contributed by atoms with Crippen molar-refractivity contribution in [2.75, 3.05) is 49.1 Å². The lowest BCUT2D eigenvalue weighted by Gasteiger charge is -2.15. The van der Waals surface area contributed by atoms with E-state index in [0.717, 1.165) is 24.9 Å². The Bertz CT molecular complexity index is 1940. The zero-order valence-corrected chi connectivity index (χ0v) is 26.2. The van der Waals surface area contributed by atoms with E-state index in [1.807, 2.05) is 0 Å². The van der Waals surface area contributed by atoms with E-state index in [9.17, 15) is 44.4 Å². The maximum absolute atomic E-state index is 13.0. The Morgan fingerprint density at radius 2 is 1.16 bits per heavy atom. The molecule has 0 spiro atoms.